The fourth-order valence-electron chi connectivity index (χ4n) is 3.53. The number of ether oxygens (including phenoxy) is 2. The van der Waals surface area contributed by atoms with Gasteiger partial charge in [0.1, 0.15) is 17.4 Å². The van der Waals surface area contributed by atoms with Crippen molar-refractivity contribution in [3.8, 4) is 11.5 Å². The minimum atomic E-state index is -0.939. The normalized spacial score (nSPS) is 13.4. The molecule has 1 aliphatic rings. The molecule has 0 radical (unpaired) electrons. The van der Waals surface area contributed by atoms with Gasteiger partial charge in [0.05, 0.1) is 0 Å². The lowest BCUT2D eigenvalue weighted by molar-refractivity contribution is -0.153. The standard InChI is InChI=1S/C25H23NO4/c1-3-17-12-14-18(15-13-17)26-24(27)16(2)29-25(28)23-19-8-4-6-10-21(19)30-22-11-7-5-9-20(22)23/h4-16,23H,3H2,1-2H3,(H,26,27)/t16-/m1/s1. The molecule has 1 atom stereocenters. The number of aryl methyl sites for hydroxylation is 1. The highest BCUT2D eigenvalue weighted by Gasteiger charge is 2.35. The van der Waals surface area contributed by atoms with E-state index in [1.54, 1.807) is 6.92 Å². The van der Waals surface area contributed by atoms with Crippen molar-refractivity contribution >= 4 is 17.6 Å². The average Bonchev–Trinajstić information content (AvgIpc) is 2.77. The van der Waals surface area contributed by atoms with Crippen LogP contribution in [0.4, 0.5) is 5.69 Å². The maximum atomic E-state index is 13.1. The molecule has 152 valence electrons. The molecule has 5 nitrogen and oxygen atoms in total. The largest absolute Gasteiger partial charge is 0.457 e. The van der Waals surface area contributed by atoms with Crippen LogP contribution in [0.25, 0.3) is 0 Å². The Hall–Kier alpha value is -3.60. The topological polar surface area (TPSA) is 64.6 Å². The van der Waals surface area contributed by atoms with E-state index in [4.69, 9.17) is 9.47 Å². The van der Waals surface area contributed by atoms with Gasteiger partial charge in [0.15, 0.2) is 6.10 Å². The van der Waals surface area contributed by atoms with Gasteiger partial charge in [-0.05, 0) is 43.2 Å². The Morgan fingerprint density at radius 1 is 0.933 bits per heavy atom. The number of carbonyl (C=O) groups is 2. The summed E-state index contributed by atoms with van der Waals surface area (Å²) in [6.45, 7) is 3.65. The molecule has 0 fully saturated rings. The first-order valence-corrected chi connectivity index (χ1v) is 10.0. The predicted molar refractivity (Wildman–Crippen MR) is 115 cm³/mol. The van der Waals surface area contributed by atoms with E-state index in [2.05, 4.69) is 12.2 Å². The van der Waals surface area contributed by atoms with Crippen molar-refractivity contribution in [2.75, 3.05) is 5.32 Å². The molecule has 0 aliphatic carbocycles. The van der Waals surface area contributed by atoms with Gasteiger partial charge in [0.25, 0.3) is 5.91 Å². The van der Waals surface area contributed by atoms with Crippen molar-refractivity contribution in [1.82, 2.24) is 0 Å². The summed E-state index contributed by atoms with van der Waals surface area (Å²) in [4.78, 5) is 25.7. The molecule has 0 saturated carbocycles. The Morgan fingerprint density at radius 3 is 2.07 bits per heavy atom. The minimum Gasteiger partial charge on any atom is -0.457 e. The van der Waals surface area contributed by atoms with Gasteiger partial charge in [-0.25, -0.2) is 0 Å². The third-order valence-electron chi connectivity index (χ3n) is 5.21. The maximum Gasteiger partial charge on any atom is 0.318 e. The van der Waals surface area contributed by atoms with E-state index in [0.717, 1.165) is 17.5 Å². The quantitative estimate of drug-likeness (QED) is 0.607. The van der Waals surface area contributed by atoms with Gasteiger partial charge in [-0.2, -0.15) is 0 Å². The molecule has 1 N–H and O–H groups in total. The van der Waals surface area contributed by atoms with E-state index < -0.39 is 18.0 Å². The molecular weight excluding hydrogens is 378 g/mol. The number of fused-ring (bicyclic) bond motifs is 2. The highest BCUT2D eigenvalue weighted by molar-refractivity contribution is 5.96. The summed E-state index contributed by atoms with van der Waals surface area (Å²) < 4.78 is 11.5. The molecule has 3 aromatic rings. The van der Waals surface area contributed by atoms with E-state index in [1.165, 1.54) is 5.56 Å². The van der Waals surface area contributed by atoms with Crippen molar-refractivity contribution in [1.29, 1.82) is 0 Å². The molecule has 0 spiro atoms. The second-order valence-electron chi connectivity index (χ2n) is 7.23. The first kappa shape index (κ1) is 19.7. The number of benzene rings is 3. The van der Waals surface area contributed by atoms with E-state index in [9.17, 15) is 9.59 Å². The molecule has 0 unspecified atom stereocenters. The van der Waals surface area contributed by atoms with Crippen LogP contribution in [0.2, 0.25) is 0 Å². The van der Waals surface area contributed by atoms with Crippen LogP contribution >= 0.6 is 0 Å². The lowest BCUT2D eigenvalue weighted by atomic mass is 9.88. The highest BCUT2D eigenvalue weighted by atomic mass is 16.5. The Morgan fingerprint density at radius 2 is 1.50 bits per heavy atom. The molecule has 4 rings (SSSR count). The number of anilines is 1. The van der Waals surface area contributed by atoms with Gasteiger partial charge in [-0.15, -0.1) is 0 Å². The third kappa shape index (κ3) is 3.92. The zero-order valence-electron chi connectivity index (χ0n) is 16.9. The lowest BCUT2D eigenvalue weighted by Crippen LogP contribution is -2.32. The number of para-hydroxylation sites is 2. The zero-order valence-corrected chi connectivity index (χ0v) is 16.9. The average molecular weight is 401 g/mol. The Bertz CT molecular complexity index is 1030. The van der Waals surface area contributed by atoms with E-state index in [0.29, 0.717) is 17.2 Å². The summed E-state index contributed by atoms with van der Waals surface area (Å²) in [6, 6.07) is 22.4. The van der Waals surface area contributed by atoms with E-state index in [1.807, 2.05) is 72.8 Å². The number of hydrogen-bond acceptors (Lipinski definition) is 4. The molecule has 30 heavy (non-hydrogen) atoms. The second-order valence-corrected chi connectivity index (χ2v) is 7.23. The van der Waals surface area contributed by atoms with Crippen LogP contribution in [0, 0.1) is 0 Å². The monoisotopic (exact) mass is 401 g/mol. The Labute approximate surface area is 175 Å². The van der Waals surface area contributed by atoms with Crippen molar-refractivity contribution in [3.05, 3.63) is 89.5 Å². The van der Waals surface area contributed by atoms with Gasteiger partial charge in [-0.1, -0.05) is 55.5 Å². The number of carbonyl (C=O) groups excluding carboxylic acids is 2. The van der Waals surface area contributed by atoms with Crippen molar-refractivity contribution in [2.45, 2.75) is 32.3 Å². The van der Waals surface area contributed by atoms with Crippen LogP contribution in [0.3, 0.4) is 0 Å². The third-order valence-corrected chi connectivity index (χ3v) is 5.21. The van der Waals surface area contributed by atoms with Crippen LogP contribution in [-0.4, -0.2) is 18.0 Å². The van der Waals surface area contributed by atoms with Crippen LogP contribution < -0.4 is 10.1 Å². The first-order valence-electron chi connectivity index (χ1n) is 10.0. The molecule has 3 aromatic carbocycles. The predicted octanol–water partition coefficient (Wildman–Crippen LogP) is 5.06. The summed E-state index contributed by atoms with van der Waals surface area (Å²) in [7, 11) is 0. The Balaban J connectivity index is 1.51. The van der Waals surface area contributed by atoms with Gasteiger partial charge in [0, 0.05) is 16.8 Å². The minimum absolute atomic E-state index is 0.374. The molecule has 1 aliphatic heterocycles. The summed E-state index contributed by atoms with van der Waals surface area (Å²) in [6.07, 6.45) is -0.0125. The zero-order chi connectivity index (χ0) is 21.1. The number of hydrogen-bond donors (Lipinski definition) is 1. The number of amides is 1. The van der Waals surface area contributed by atoms with E-state index >= 15 is 0 Å². The molecule has 0 aromatic heterocycles. The fraction of sp³-hybridized carbons (Fsp3) is 0.200. The molecule has 5 heteroatoms. The van der Waals surface area contributed by atoms with Crippen molar-refractivity contribution in [2.24, 2.45) is 0 Å². The van der Waals surface area contributed by atoms with E-state index in [-0.39, 0.29) is 5.91 Å². The van der Waals surface area contributed by atoms with Crippen LogP contribution in [-0.2, 0) is 20.7 Å². The van der Waals surface area contributed by atoms with Gasteiger partial charge < -0.3 is 14.8 Å². The summed E-state index contributed by atoms with van der Waals surface area (Å²) in [5.74, 6) is -0.272. The van der Waals surface area contributed by atoms with Gasteiger partial charge >= 0.3 is 5.97 Å². The number of nitrogens with one attached hydrogen (secondary N) is 1. The summed E-state index contributed by atoms with van der Waals surface area (Å²) in [5, 5.41) is 2.80. The lowest BCUT2D eigenvalue weighted by Gasteiger charge is -2.27. The molecule has 1 heterocycles. The van der Waals surface area contributed by atoms with Gasteiger partial charge in [-0.3, -0.25) is 9.59 Å². The van der Waals surface area contributed by atoms with Gasteiger partial charge in [0.2, 0.25) is 0 Å². The summed E-state index contributed by atoms with van der Waals surface area (Å²) >= 11 is 0. The molecular formula is C25H23NO4. The van der Waals surface area contributed by atoms with Crippen molar-refractivity contribution in [3.63, 3.8) is 0 Å². The van der Waals surface area contributed by atoms with Crippen molar-refractivity contribution < 1.29 is 19.1 Å². The van der Waals surface area contributed by atoms with Crippen LogP contribution in [0.15, 0.2) is 72.8 Å². The van der Waals surface area contributed by atoms with Crippen LogP contribution in [0.5, 0.6) is 11.5 Å². The van der Waals surface area contributed by atoms with Crippen LogP contribution in [0.1, 0.15) is 36.5 Å². The molecule has 0 saturated heterocycles. The number of esters is 1. The first-order chi connectivity index (χ1) is 14.6. The smallest absolute Gasteiger partial charge is 0.318 e. The SMILES string of the molecule is CCc1ccc(NC(=O)[C@@H](C)OC(=O)C2c3ccccc3Oc3ccccc32)cc1. The number of rotatable bonds is 5. The summed E-state index contributed by atoms with van der Waals surface area (Å²) in [5.41, 5.74) is 3.30. The second kappa shape index (κ2) is 8.41. The fourth-order valence-corrected chi connectivity index (χ4v) is 3.53. The molecule has 0 bridgehead atoms. The highest BCUT2D eigenvalue weighted by Crippen LogP contribution is 2.44. The molecule has 1 amide bonds. The Kier molecular flexibility index (Phi) is 5.53. The maximum absolute atomic E-state index is 13.1.